The quantitative estimate of drug-likeness (QED) is 0.833. The molecule has 0 radical (unpaired) electrons. The molecule has 1 fully saturated rings. The van der Waals surface area contributed by atoms with Crippen LogP contribution in [0.3, 0.4) is 0 Å². The van der Waals surface area contributed by atoms with Crippen molar-refractivity contribution in [3.63, 3.8) is 0 Å². The van der Waals surface area contributed by atoms with E-state index in [4.69, 9.17) is 0 Å². The maximum atomic E-state index is 13.9. The van der Waals surface area contributed by atoms with Crippen molar-refractivity contribution >= 4 is 15.8 Å². The Morgan fingerprint density at radius 2 is 1.63 bits per heavy atom. The number of carbonyl (C=O) groups is 1. The van der Waals surface area contributed by atoms with Gasteiger partial charge in [-0.2, -0.15) is 0 Å². The number of benzene rings is 2. The van der Waals surface area contributed by atoms with Crippen LogP contribution in [-0.2, 0) is 14.8 Å². The van der Waals surface area contributed by atoms with Crippen LogP contribution in [0.4, 0.5) is 8.78 Å². The number of carbonyl (C=O) groups excluding carboxylic acids is 1. The van der Waals surface area contributed by atoms with Gasteiger partial charge in [-0.3, -0.25) is 4.79 Å². The maximum absolute atomic E-state index is 13.9. The molecule has 144 valence electrons. The Morgan fingerprint density at radius 1 is 1.00 bits per heavy atom. The van der Waals surface area contributed by atoms with Gasteiger partial charge in [0.25, 0.3) is 0 Å². The Hall–Kier alpha value is -2.12. The van der Waals surface area contributed by atoms with Crippen molar-refractivity contribution in [1.29, 1.82) is 0 Å². The van der Waals surface area contributed by atoms with Crippen LogP contribution < -0.4 is 4.72 Å². The van der Waals surface area contributed by atoms with Crippen LogP contribution in [-0.4, -0.2) is 20.2 Å². The number of ketones is 1. The SMILES string of the molecule is CC(=O)C1CCC(NS(=O)(=O)c2ccc(-c3ccc(F)cc3F)cc2)CC1. The van der Waals surface area contributed by atoms with Crippen LogP contribution in [0.15, 0.2) is 47.4 Å². The second-order valence-electron chi connectivity index (χ2n) is 6.93. The molecule has 0 unspecified atom stereocenters. The fourth-order valence-corrected chi connectivity index (χ4v) is 4.75. The first-order chi connectivity index (χ1) is 12.8. The summed E-state index contributed by atoms with van der Waals surface area (Å²) in [4.78, 5) is 11.5. The van der Waals surface area contributed by atoms with Crippen molar-refractivity contribution in [1.82, 2.24) is 4.72 Å². The Kier molecular flexibility index (Phi) is 5.72. The fourth-order valence-electron chi connectivity index (χ4n) is 3.44. The molecule has 0 bridgehead atoms. The monoisotopic (exact) mass is 393 g/mol. The predicted octanol–water partition coefficient (Wildman–Crippen LogP) is 4.06. The van der Waals surface area contributed by atoms with Crippen LogP contribution in [0.2, 0.25) is 0 Å². The molecule has 7 heteroatoms. The average Bonchev–Trinajstić information content (AvgIpc) is 2.62. The van der Waals surface area contributed by atoms with E-state index in [2.05, 4.69) is 4.72 Å². The molecule has 1 N–H and O–H groups in total. The molecule has 2 aromatic carbocycles. The topological polar surface area (TPSA) is 63.2 Å². The van der Waals surface area contributed by atoms with Gasteiger partial charge >= 0.3 is 0 Å². The number of hydrogen-bond acceptors (Lipinski definition) is 3. The van der Waals surface area contributed by atoms with Gasteiger partial charge in [-0.15, -0.1) is 0 Å². The van der Waals surface area contributed by atoms with E-state index >= 15 is 0 Å². The number of Topliss-reactive ketones (excluding diaryl/α,β-unsaturated/α-hetero) is 1. The van der Waals surface area contributed by atoms with Gasteiger partial charge in [0.2, 0.25) is 10.0 Å². The first-order valence-electron chi connectivity index (χ1n) is 8.84. The molecule has 1 aliphatic carbocycles. The van der Waals surface area contributed by atoms with Gasteiger partial charge in [-0.1, -0.05) is 12.1 Å². The van der Waals surface area contributed by atoms with E-state index in [1.165, 1.54) is 30.3 Å². The van der Waals surface area contributed by atoms with Crippen molar-refractivity contribution in [2.75, 3.05) is 0 Å². The third kappa shape index (κ3) is 4.59. The summed E-state index contributed by atoms with van der Waals surface area (Å²) < 4.78 is 54.7. The Morgan fingerprint density at radius 3 is 2.19 bits per heavy atom. The van der Waals surface area contributed by atoms with Gasteiger partial charge in [0.05, 0.1) is 4.90 Å². The molecule has 0 aliphatic heterocycles. The van der Waals surface area contributed by atoms with Crippen LogP contribution in [0.1, 0.15) is 32.6 Å². The van der Waals surface area contributed by atoms with Gasteiger partial charge in [0, 0.05) is 23.6 Å². The van der Waals surface area contributed by atoms with Crippen LogP contribution in [0.5, 0.6) is 0 Å². The zero-order chi connectivity index (χ0) is 19.6. The summed E-state index contributed by atoms with van der Waals surface area (Å²) in [5.74, 6) is -1.19. The smallest absolute Gasteiger partial charge is 0.240 e. The first-order valence-corrected chi connectivity index (χ1v) is 10.3. The third-order valence-corrected chi connectivity index (χ3v) is 6.57. The molecule has 1 aliphatic rings. The largest absolute Gasteiger partial charge is 0.300 e. The summed E-state index contributed by atoms with van der Waals surface area (Å²) in [6.07, 6.45) is 2.63. The lowest BCUT2D eigenvalue weighted by molar-refractivity contribution is -0.121. The molecule has 0 atom stereocenters. The number of sulfonamides is 1. The fraction of sp³-hybridized carbons (Fsp3) is 0.350. The lowest BCUT2D eigenvalue weighted by atomic mass is 9.84. The first kappa shape index (κ1) is 19.6. The van der Waals surface area contributed by atoms with E-state index in [1.54, 1.807) is 6.92 Å². The van der Waals surface area contributed by atoms with Crippen LogP contribution in [0, 0.1) is 17.6 Å². The summed E-state index contributed by atoms with van der Waals surface area (Å²) in [6, 6.07) is 8.87. The summed E-state index contributed by atoms with van der Waals surface area (Å²) in [7, 11) is -3.70. The van der Waals surface area contributed by atoms with E-state index in [9.17, 15) is 22.0 Å². The molecule has 2 aromatic rings. The number of halogens is 2. The molecular weight excluding hydrogens is 372 g/mol. The zero-order valence-electron chi connectivity index (χ0n) is 14.9. The summed E-state index contributed by atoms with van der Waals surface area (Å²) in [5.41, 5.74) is 0.671. The van der Waals surface area contributed by atoms with Crippen LogP contribution in [0.25, 0.3) is 11.1 Å². The molecule has 27 heavy (non-hydrogen) atoms. The maximum Gasteiger partial charge on any atom is 0.240 e. The molecule has 0 spiro atoms. The Balaban J connectivity index is 1.71. The molecule has 3 rings (SSSR count). The number of nitrogens with one attached hydrogen (secondary N) is 1. The van der Waals surface area contributed by atoms with Crippen LogP contribution >= 0.6 is 0 Å². The zero-order valence-corrected chi connectivity index (χ0v) is 15.7. The van der Waals surface area contributed by atoms with E-state index in [0.717, 1.165) is 12.1 Å². The van der Waals surface area contributed by atoms with E-state index in [-0.39, 0.29) is 28.2 Å². The van der Waals surface area contributed by atoms with E-state index < -0.39 is 21.7 Å². The normalized spacial score (nSPS) is 20.4. The van der Waals surface area contributed by atoms with Gasteiger partial charge in [0.1, 0.15) is 17.4 Å². The van der Waals surface area contributed by atoms with E-state index in [0.29, 0.717) is 31.2 Å². The minimum atomic E-state index is -3.70. The minimum Gasteiger partial charge on any atom is -0.300 e. The summed E-state index contributed by atoms with van der Waals surface area (Å²) >= 11 is 0. The predicted molar refractivity (Wildman–Crippen MR) is 98.5 cm³/mol. The molecule has 0 aromatic heterocycles. The highest BCUT2D eigenvalue weighted by atomic mass is 32.2. The highest BCUT2D eigenvalue weighted by Gasteiger charge is 2.27. The Bertz CT molecular complexity index is 934. The average molecular weight is 393 g/mol. The second-order valence-corrected chi connectivity index (χ2v) is 8.64. The van der Waals surface area contributed by atoms with Crippen molar-refractivity contribution in [3.05, 3.63) is 54.1 Å². The third-order valence-electron chi connectivity index (χ3n) is 5.03. The van der Waals surface area contributed by atoms with Crippen molar-refractivity contribution in [2.24, 2.45) is 5.92 Å². The van der Waals surface area contributed by atoms with Gasteiger partial charge in [-0.05, 0) is 62.4 Å². The number of hydrogen-bond donors (Lipinski definition) is 1. The van der Waals surface area contributed by atoms with Crippen molar-refractivity contribution in [2.45, 2.75) is 43.5 Å². The van der Waals surface area contributed by atoms with E-state index in [1.807, 2.05) is 0 Å². The van der Waals surface area contributed by atoms with Crippen molar-refractivity contribution < 1.29 is 22.0 Å². The molecule has 0 heterocycles. The second kappa shape index (κ2) is 7.86. The molecular formula is C20H21F2NO3S. The summed E-state index contributed by atoms with van der Waals surface area (Å²) in [6.45, 7) is 1.57. The van der Waals surface area contributed by atoms with Gasteiger partial charge in [-0.25, -0.2) is 21.9 Å². The highest BCUT2D eigenvalue weighted by molar-refractivity contribution is 7.89. The van der Waals surface area contributed by atoms with Gasteiger partial charge < -0.3 is 0 Å². The number of rotatable bonds is 5. The lowest BCUT2D eigenvalue weighted by Crippen LogP contribution is -2.38. The highest BCUT2D eigenvalue weighted by Crippen LogP contribution is 2.27. The Labute approximate surface area is 157 Å². The molecule has 0 amide bonds. The molecule has 4 nitrogen and oxygen atoms in total. The molecule has 0 saturated heterocycles. The molecule has 1 saturated carbocycles. The lowest BCUT2D eigenvalue weighted by Gasteiger charge is -2.27. The standard InChI is InChI=1S/C20H21F2NO3S/c1-13(24)14-2-7-17(8-3-14)23-27(25,26)18-9-4-15(5-10-18)19-11-6-16(21)12-20(19)22/h4-6,9-12,14,17,23H,2-3,7-8H2,1H3. The summed E-state index contributed by atoms with van der Waals surface area (Å²) in [5, 5.41) is 0. The minimum absolute atomic E-state index is 0.0237. The van der Waals surface area contributed by atoms with Gasteiger partial charge in [0.15, 0.2) is 0 Å². The van der Waals surface area contributed by atoms with Crippen molar-refractivity contribution in [3.8, 4) is 11.1 Å².